The van der Waals surface area contributed by atoms with E-state index < -0.39 is 39.3 Å². The smallest absolute Gasteiger partial charge is 0.417 e. The first-order chi connectivity index (χ1) is 13.8. The van der Waals surface area contributed by atoms with Crippen LogP contribution in [-0.2, 0) is 22.7 Å². The van der Waals surface area contributed by atoms with Gasteiger partial charge in [0.25, 0.3) is 0 Å². The van der Waals surface area contributed by atoms with E-state index in [0.717, 1.165) is 11.6 Å². The molecule has 0 aromatic heterocycles. The molecular formula is C22H43NO4Si4. The first-order valence-electron chi connectivity index (χ1n) is 11.1. The molecule has 0 saturated heterocycles. The highest BCUT2D eigenvalue weighted by Gasteiger charge is 2.47. The van der Waals surface area contributed by atoms with Gasteiger partial charge in [-0.25, -0.2) is 4.79 Å². The molecule has 5 nitrogen and oxygen atoms in total. The lowest BCUT2D eigenvalue weighted by molar-refractivity contribution is 0.260. The third-order valence-corrected chi connectivity index (χ3v) is 17.9. The molecule has 31 heavy (non-hydrogen) atoms. The summed E-state index contributed by atoms with van der Waals surface area (Å²) >= 11 is 0. The van der Waals surface area contributed by atoms with E-state index in [1.807, 2.05) is 26.0 Å². The van der Waals surface area contributed by atoms with Gasteiger partial charge in [-0.05, 0) is 89.3 Å². The highest BCUT2D eigenvalue weighted by atomic mass is 28.5. The van der Waals surface area contributed by atoms with Gasteiger partial charge in [0.05, 0.1) is 5.54 Å². The maximum atomic E-state index is 10.8. The van der Waals surface area contributed by atoms with Crippen LogP contribution in [0.1, 0.15) is 37.8 Å². The zero-order valence-corrected chi connectivity index (χ0v) is 25.7. The van der Waals surface area contributed by atoms with Gasteiger partial charge in [0.15, 0.2) is 25.0 Å². The summed E-state index contributed by atoms with van der Waals surface area (Å²) in [5, 5.41) is 0. The van der Waals surface area contributed by atoms with Crippen molar-refractivity contribution in [1.82, 2.24) is 0 Å². The summed E-state index contributed by atoms with van der Waals surface area (Å²) in [5.41, 5.74) is 1.67. The molecule has 0 saturated carbocycles. The highest BCUT2D eigenvalue weighted by molar-refractivity contribution is 6.89. The van der Waals surface area contributed by atoms with Crippen molar-refractivity contribution >= 4 is 39.8 Å². The Morgan fingerprint density at radius 3 is 1.90 bits per heavy atom. The summed E-state index contributed by atoms with van der Waals surface area (Å²) in [6.45, 7) is 25.9. The Bertz CT molecular complexity index is 777. The zero-order chi connectivity index (χ0) is 24.3. The number of nitrogens with zero attached hydrogens (tertiary/aromatic N) is 1. The number of hydrogen-bond acceptors (Lipinski definition) is 5. The molecule has 0 heterocycles. The molecule has 0 aliphatic heterocycles. The van der Waals surface area contributed by atoms with Gasteiger partial charge in [-0.3, -0.25) is 0 Å². The van der Waals surface area contributed by atoms with E-state index in [1.54, 1.807) is 6.08 Å². The summed E-state index contributed by atoms with van der Waals surface area (Å²) in [4.78, 5) is 14.8. The topological polar surface area (TPSA) is 57.1 Å². The number of carbonyl (C=O) groups excluding carboxylic acids is 1. The molecule has 0 aliphatic rings. The Kier molecular flexibility index (Phi) is 9.24. The molecule has 1 atom stereocenters. The number of benzene rings is 1. The van der Waals surface area contributed by atoms with E-state index in [-0.39, 0.29) is 0 Å². The lowest BCUT2D eigenvalue weighted by atomic mass is 9.91. The van der Waals surface area contributed by atoms with Gasteiger partial charge < -0.3 is 12.3 Å². The van der Waals surface area contributed by atoms with Crippen molar-refractivity contribution in [2.75, 3.05) is 0 Å². The van der Waals surface area contributed by atoms with E-state index in [9.17, 15) is 4.79 Å². The summed E-state index contributed by atoms with van der Waals surface area (Å²) < 4.78 is 20.0. The third-order valence-electron chi connectivity index (χ3n) is 4.73. The number of isocyanates is 1. The normalized spacial score (nSPS) is 14.8. The van der Waals surface area contributed by atoms with E-state index in [1.165, 1.54) is 5.56 Å². The van der Waals surface area contributed by atoms with Gasteiger partial charge in [0.1, 0.15) is 0 Å². The van der Waals surface area contributed by atoms with Crippen LogP contribution in [0, 0.1) is 0 Å². The maximum absolute atomic E-state index is 10.8. The molecular weight excluding hydrogens is 455 g/mol. The quantitative estimate of drug-likeness (QED) is 0.190. The van der Waals surface area contributed by atoms with Crippen LogP contribution in [0.15, 0.2) is 29.3 Å². The molecule has 1 aromatic rings. The highest BCUT2D eigenvalue weighted by Crippen LogP contribution is 2.34. The van der Waals surface area contributed by atoms with E-state index in [0.29, 0.717) is 5.92 Å². The van der Waals surface area contributed by atoms with Crippen LogP contribution in [0.3, 0.4) is 0 Å². The minimum Gasteiger partial charge on any atom is -0.417 e. The Balaban J connectivity index is 3.10. The summed E-state index contributed by atoms with van der Waals surface area (Å²) in [7, 11) is -8.48. The Hall–Kier alpha value is -0.652. The van der Waals surface area contributed by atoms with Crippen molar-refractivity contribution in [2.45, 2.75) is 97.2 Å². The summed E-state index contributed by atoms with van der Waals surface area (Å²) in [5.74, 6) is 0.314. The number of rotatable bonds is 11. The molecule has 176 valence electrons. The van der Waals surface area contributed by atoms with Crippen molar-refractivity contribution < 1.29 is 17.1 Å². The molecule has 0 aliphatic carbocycles. The monoisotopic (exact) mass is 497 g/mol. The summed E-state index contributed by atoms with van der Waals surface area (Å²) in [6, 6.07) is 9.32. The van der Waals surface area contributed by atoms with Gasteiger partial charge in [0, 0.05) is 6.55 Å². The van der Waals surface area contributed by atoms with Crippen LogP contribution in [0.25, 0.3) is 0 Å². The zero-order valence-electron chi connectivity index (χ0n) is 21.7. The average molecular weight is 498 g/mol. The van der Waals surface area contributed by atoms with Crippen LogP contribution in [-0.4, -0.2) is 39.8 Å². The van der Waals surface area contributed by atoms with Crippen molar-refractivity contribution in [3.05, 3.63) is 35.4 Å². The Morgan fingerprint density at radius 2 is 1.45 bits per heavy atom. The first-order valence-corrected chi connectivity index (χ1v) is 23.2. The van der Waals surface area contributed by atoms with Crippen molar-refractivity contribution in [3.8, 4) is 0 Å². The van der Waals surface area contributed by atoms with Gasteiger partial charge in [-0.1, -0.05) is 31.2 Å². The van der Waals surface area contributed by atoms with Crippen molar-refractivity contribution in [3.63, 3.8) is 0 Å². The Labute approximate surface area is 194 Å². The standard InChI is InChI=1S/C22H43NO4Si4/c1-19(20-14-13-15-21(16-20)22(2,3)23-18-24)17-30(10,11)27-31(12,25-28(4,5)6)26-29(7,8)9/h13-16,19H,17H2,1-12H3. The molecule has 1 aromatic carbocycles. The van der Waals surface area contributed by atoms with Crippen LogP contribution in [0.2, 0.25) is 65.0 Å². The van der Waals surface area contributed by atoms with Gasteiger partial charge in [0.2, 0.25) is 6.08 Å². The molecule has 0 radical (unpaired) electrons. The molecule has 0 N–H and O–H groups in total. The lowest BCUT2D eigenvalue weighted by Crippen LogP contribution is -2.59. The maximum Gasteiger partial charge on any atom is 0.466 e. The second-order valence-electron chi connectivity index (χ2n) is 11.6. The minimum absolute atomic E-state index is 0.314. The fraction of sp³-hybridized carbons (Fsp3) is 0.682. The van der Waals surface area contributed by atoms with E-state index in [2.05, 4.69) is 83.0 Å². The predicted molar refractivity (Wildman–Crippen MR) is 140 cm³/mol. The average Bonchev–Trinajstić information content (AvgIpc) is 2.49. The van der Waals surface area contributed by atoms with Gasteiger partial charge >= 0.3 is 8.80 Å². The minimum atomic E-state index is -2.75. The Morgan fingerprint density at radius 1 is 0.935 bits per heavy atom. The van der Waals surface area contributed by atoms with Crippen molar-refractivity contribution in [1.29, 1.82) is 0 Å². The molecule has 9 heteroatoms. The van der Waals surface area contributed by atoms with Crippen LogP contribution in [0.5, 0.6) is 0 Å². The van der Waals surface area contributed by atoms with E-state index in [4.69, 9.17) is 12.3 Å². The fourth-order valence-corrected chi connectivity index (χ4v) is 20.6. The molecule has 1 rings (SSSR count). The number of hydrogen-bond donors (Lipinski definition) is 0. The molecule has 0 amide bonds. The van der Waals surface area contributed by atoms with Crippen molar-refractivity contribution in [2.24, 2.45) is 4.99 Å². The molecule has 0 fully saturated rings. The lowest BCUT2D eigenvalue weighted by Gasteiger charge is -2.42. The third kappa shape index (κ3) is 10.2. The second-order valence-corrected chi connectivity index (χ2v) is 28.2. The van der Waals surface area contributed by atoms with Crippen LogP contribution >= 0.6 is 0 Å². The fourth-order valence-electron chi connectivity index (χ4n) is 3.98. The van der Waals surface area contributed by atoms with E-state index >= 15 is 0 Å². The van der Waals surface area contributed by atoms with Gasteiger partial charge in [-0.15, -0.1) is 0 Å². The predicted octanol–water partition coefficient (Wildman–Crippen LogP) is 6.85. The molecule has 0 spiro atoms. The SMILES string of the molecule is CC(C[Si](C)(C)O[Si](C)(O[Si](C)(C)C)O[Si](C)(C)C)c1cccc(C(C)(C)N=C=O)c1. The molecule has 0 bridgehead atoms. The van der Waals surface area contributed by atoms with Gasteiger partial charge in [-0.2, -0.15) is 4.99 Å². The van der Waals surface area contributed by atoms with Crippen LogP contribution in [0.4, 0.5) is 0 Å². The number of aliphatic imine (C=N–C) groups is 1. The first kappa shape index (κ1) is 28.4. The van der Waals surface area contributed by atoms with Crippen LogP contribution < -0.4 is 0 Å². The largest absolute Gasteiger partial charge is 0.466 e. The summed E-state index contributed by atoms with van der Waals surface area (Å²) in [6.07, 6.45) is 1.70. The second kappa shape index (κ2) is 10.1. The molecule has 1 unspecified atom stereocenters.